The highest BCUT2D eigenvalue weighted by Crippen LogP contribution is 2.15. The van der Waals surface area contributed by atoms with Crippen LogP contribution >= 0.6 is 11.6 Å². The van der Waals surface area contributed by atoms with Gasteiger partial charge in [-0.3, -0.25) is 4.79 Å². The minimum absolute atomic E-state index is 0.388. The van der Waals surface area contributed by atoms with E-state index in [1.165, 1.54) is 6.08 Å². The molecule has 0 radical (unpaired) electrons. The van der Waals surface area contributed by atoms with E-state index < -0.39 is 22.5 Å². The number of benzene rings is 1. The molecule has 0 aliphatic heterocycles. The molecule has 0 aromatic heterocycles. The van der Waals surface area contributed by atoms with Crippen molar-refractivity contribution in [3.05, 3.63) is 40.3 Å². The summed E-state index contributed by atoms with van der Waals surface area (Å²) in [5.41, 5.74) is 0.669. The van der Waals surface area contributed by atoms with Crippen molar-refractivity contribution in [1.29, 1.82) is 0 Å². The van der Waals surface area contributed by atoms with E-state index in [1.54, 1.807) is 38.1 Å². The van der Waals surface area contributed by atoms with Crippen molar-refractivity contribution in [2.24, 2.45) is 0 Å². The summed E-state index contributed by atoms with van der Waals surface area (Å²) in [6.07, 6.45) is 1.95. The van der Waals surface area contributed by atoms with Gasteiger partial charge in [0.25, 0.3) is 0 Å². The molecule has 0 spiro atoms. The number of carboxylic acids is 1. The maximum absolute atomic E-state index is 12.3. The van der Waals surface area contributed by atoms with Crippen LogP contribution in [-0.4, -0.2) is 36.4 Å². The monoisotopic (exact) mass is 331 g/mol. The van der Waals surface area contributed by atoms with Crippen molar-refractivity contribution >= 4 is 33.7 Å². The van der Waals surface area contributed by atoms with E-state index in [0.717, 1.165) is 9.71 Å². The number of nitrogens with zero attached hydrogens (tertiary/aromatic N) is 1. The smallest absolute Gasteiger partial charge is 0.318 e. The Morgan fingerprint density at radius 3 is 2.43 bits per heavy atom. The Balaban J connectivity index is 3.00. The second-order valence-electron chi connectivity index (χ2n) is 4.60. The molecular formula is C14H18ClNO4S. The molecule has 1 aromatic rings. The molecule has 0 aliphatic carbocycles. The van der Waals surface area contributed by atoms with Crippen LogP contribution in [0.4, 0.5) is 0 Å². The fourth-order valence-corrected chi connectivity index (χ4v) is 3.20. The molecule has 0 saturated heterocycles. The number of carboxylic acid groups (broad SMARTS) is 1. The van der Waals surface area contributed by atoms with Crippen LogP contribution < -0.4 is 0 Å². The van der Waals surface area contributed by atoms with Gasteiger partial charge < -0.3 is 5.11 Å². The van der Waals surface area contributed by atoms with Crippen molar-refractivity contribution < 1.29 is 18.3 Å². The lowest BCUT2D eigenvalue weighted by Crippen LogP contribution is -2.40. The molecule has 1 unspecified atom stereocenters. The van der Waals surface area contributed by atoms with Gasteiger partial charge in [0.2, 0.25) is 10.0 Å². The average molecular weight is 332 g/mol. The lowest BCUT2D eigenvalue weighted by Gasteiger charge is -2.24. The molecule has 116 valence electrons. The highest BCUT2D eigenvalue weighted by Gasteiger charge is 2.26. The second kappa shape index (κ2) is 7.59. The van der Waals surface area contributed by atoms with E-state index in [2.05, 4.69) is 0 Å². The third-order valence-corrected chi connectivity index (χ3v) is 4.88. The van der Waals surface area contributed by atoms with Crippen LogP contribution in [0.3, 0.4) is 0 Å². The lowest BCUT2D eigenvalue weighted by atomic mass is 10.2. The predicted molar refractivity (Wildman–Crippen MR) is 83.5 cm³/mol. The summed E-state index contributed by atoms with van der Waals surface area (Å²) in [5.74, 6) is -1.18. The number of hydrogen-bond donors (Lipinski definition) is 1. The molecule has 1 atom stereocenters. The summed E-state index contributed by atoms with van der Waals surface area (Å²) >= 11 is 5.75. The van der Waals surface area contributed by atoms with Gasteiger partial charge in [-0.2, -0.15) is 4.31 Å². The van der Waals surface area contributed by atoms with E-state index >= 15 is 0 Å². The van der Waals surface area contributed by atoms with Gasteiger partial charge in [0, 0.05) is 16.5 Å². The molecule has 1 N–H and O–H groups in total. The fraction of sp³-hybridized carbons (Fsp3) is 0.357. The summed E-state index contributed by atoms with van der Waals surface area (Å²) in [4.78, 5) is 10.8. The number of sulfonamides is 1. The quantitative estimate of drug-likeness (QED) is 0.833. The van der Waals surface area contributed by atoms with E-state index in [9.17, 15) is 13.2 Å². The van der Waals surface area contributed by atoms with Gasteiger partial charge in [-0.05, 0) is 37.1 Å². The van der Waals surface area contributed by atoms with E-state index in [1.807, 2.05) is 0 Å². The van der Waals surface area contributed by atoms with Gasteiger partial charge in [0.15, 0.2) is 0 Å². The van der Waals surface area contributed by atoms with Gasteiger partial charge in [-0.15, -0.1) is 0 Å². The topological polar surface area (TPSA) is 74.7 Å². The van der Waals surface area contributed by atoms with Crippen LogP contribution in [0, 0.1) is 0 Å². The zero-order valence-electron chi connectivity index (χ0n) is 11.9. The van der Waals surface area contributed by atoms with Gasteiger partial charge >= 0.3 is 5.97 Å². The molecule has 1 aromatic carbocycles. The average Bonchev–Trinajstić information content (AvgIpc) is 2.43. The molecule has 1 rings (SSSR count). The molecule has 5 nitrogen and oxygen atoms in total. The largest absolute Gasteiger partial charge is 0.480 e. The Hall–Kier alpha value is -1.37. The number of halogens is 1. The van der Waals surface area contributed by atoms with Crippen molar-refractivity contribution in [1.82, 2.24) is 4.31 Å². The Labute approximate surface area is 129 Å². The molecule has 7 heteroatoms. The van der Waals surface area contributed by atoms with Crippen molar-refractivity contribution in [2.75, 3.05) is 6.54 Å². The highest BCUT2D eigenvalue weighted by atomic mass is 35.5. The predicted octanol–water partition coefficient (Wildman–Crippen LogP) is 2.83. The molecule has 21 heavy (non-hydrogen) atoms. The molecule has 0 bridgehead atoms. The van der Waals surface area contributed by atoms with Crippen molar-refractivity contribution in [2.45, 2.75) is 26.3 Å². The number of rotatable bonds is 7. The standard InChI is InChI=1S/C14H18ClNO4S/c1-3-11(2)16(10-14(17)18)21(19,20)9-8-12-4-6-13(15)7-5-12/h4-9,11H,3,10H2,1-2H3,(H,17,18)/b9-8+. The van der Waals surface area contributed by atoms with Gasteiger partial charge in [0.1, 0.15) is 6.54 Å². The first kappa shape index (κ1) is 17.7. The minimum atomic E-state index is -3.80. The first-order valence-electron chi connectivity index (χ1n) is 6.43. The Bertz CT molecular complexity index is 610. The van der Waals surface area contributed by atoms with Crippen LogP contribution in [0.15, 0.2) is 29.7 Å². The zero-order chi connectivity index (χ0) is 16.0. The van der Waals surface area contributed by atoms with Crippen molar-refractivity contribution in [3.63, 3.8) is 0 Å². The van der Waals surface area contributed by atoms with Crippen LogP contribution in [0.1, 0.15) is 25.8 Å². The van der Waals surface area contributed by atoms with Crippen LogP contribution in [0.2, 0.25) is 5.02 Å². The minimum Gasteiger partial charge on any atom is -0.480 e. The van der Waals surface area contributed by atoms with E-state index in [0.29, 0.717) is 17.0 Å². The third-order valence-electron chi connectivity index (χ3n) is 3.00. The highest BCUT2D eigenvalue weighted by molar-refractivity contribution is 7.92. The number of hydrogen-bond acceptors (Lipinski definition) is 3. The summed E-state index contributed by atoms with van der Waals surface area (Å²) in [7, 11) is -3.80. The first-order chi connectivity index (χ1) is 9.76. The van der Waals surface area contributed by atoms with E-state index in [4.69, 9.17) is 16.7 Å². The van der Waals surface area contributed by atoms with Crippen LogP contribution in [0.5, 0.6) is 0 Å². The van der Waals surface area contributed by atoms with Crippen molar-refractivity contribution in [3.8, 4) is 0 Å². The Morgan fingerprint density at radius 2 is 1.95 bits per heavy atom. The summed E-state index contributed by atoms with van der Waals surface area (Å²) in [6, 6.07) is 6.27. The molecule has 0 saturated carbocycles. The number of carbonyl (C=O) groups is 1. The van der Waals surface area contributed by atoms with Gasteiger partial charge in [-0.1, -0.05) is 30.7 Å². The molecule has 0 fully saturated rings. The van der Waals surface area contributed by atoms with Gasteiger partial charge in [0.05, 0.1) is 0 Å². The lowest BCUT2D eigenvalue weighted by molar-refractivity contribution is -0.137. The third kappa shape index (κ3) is 5.49. The normalized spacial score (nSPS) is 13.7. The second-order valence-corrected chi connectivity index (χ2v) is 6.80. The van der Waals surface area contributed by atoms with Crippen LogP contribution in [0.25, 0.3) is 6.08 Å². The summed E-state index contributed by atoms with van der Waals surface area (Å²) < 4.78 is 25.5. The SMILES string of the molecule is CCC(C)N(CC(=O)O)S(=O)(=O)/C=C/c1ccc(Cl)cc1. The first-order valence-corrected chi connectivity index (χ1v) is 8.31. The zero-order valence-corrected chi connectivity index (χ0v) is 13.4. The van der Waals surface area contributed by atoms with E-state index in [-0.39, 0.29) is 6.04 Å². The number of aliphatic carboxylic acids is 1. The fourth-order valence-electron chi connectivity index (χ4n) is 1.65. The maximum Gasteiger partial charge on any atom is 0.318 e. The molecule has 0 heterocycles. The summed E-state index contributed by atoms with van der Waals surface area (Å²) in [6.45, 7) is 2.93. The molecular weight excluding hydrogens is 314 g/mol. The summed E-state index contributed by atoms with van der Waals surface area (Å²) in [5, 5.41) is 10.4. The molecule has 0 aliphatic rings. The maximum atomic E-state index is 12.3. The Kier molecular flexibility index (Phi) is 6.39. The Morgan fingerprint density at radius 1 is 1.38 bits per heavy atom. The van der Waals surface area contributed by atoms with Gasteiger partial charge in [-0.25, -0.2) is 8.42 Å². The molecule has 0 amide bonds. The van der Waals surface area contributed by atoms with Crippen LogP contribution in [-0.2, 0) is 14.8 Å².